The Bertz CT molecular complexity index is 382. The number of carbonyl (C=O) groups is 1. The van der Waals surface area contributed by atoms with E-state index >= 15 is 0 Å². The lowest BCUT2D eigenvalue weighted by atomic mass is 9.94. The van der Waals surface area contributed by atoms with Gasteiger partial charge >= 0.3 is 0 Å². The van der Waals surface area contributed by atoms with Crippen molar-refractivity contribution in [3.63, 3.8) is 0 Å². The van der Waals surface area contributed by atoms with E-state index in [0.717, 1.165) is 30.8 Å². The molecule has 1 amide bonds. The van der Waals surface area contributed by atoms with Gasteiger partial charge in [0.2, 0.25) is 5.91 Å². The number of carbonyl (C=O) groups excluding carboxylic acids is 1. The molecule has 3 N–H and O–H groups in total. The number of hydrogen-bond acceptors (Lipinski definition) is 3. The molecule has 5 heteroatoms. The van der Waals surface area contributed by atoms with Crippen molar-refractivity contribution in [2.24, 2.45) is 5.92 Å². The van der Waals surface area contributed by atoms with Crippen LogP contribution in [0.25, 0.3) is 0 Å². The second-order valence-corrected chi connectivity index (χ2v) is 5.05. The molecule has 0 bridgehead atoms. The number of aromatic nitrogens is 2. The van der Waals surface area contributed by atoms with Crippen molar-refractivity contribution in [2.75, 3.05) is 13.1 Å². The maximum Gasteiger partial charge on any atom is 0.220 e. The van der Waals surface area contributed by atoms with E-state index in [0.29, 0.717) is 18.9 Å². The van der Waals surface area contributed by atoms with Crippen molar-refractivity contribution in [1.29, 1.82) is 0 Å². The molecule has 5 nitrogen and oxygen atoms in total. The maximum absolute atomic E-state index is 11.7. The predicted octanol–water partition coefficient (Wildman–Crippen LogP) is 1.11. The molecule has 1 aromatic rings. The fraction of sp³-hybridized carbons (Fsp3) is 0.692. The van der Waals surface area contributed by atoms with E-state index in [1.807, 2.05) is 6.92 Å². The van der Waals surface area contributed by atoms with Gasteiger partial charge in [0, 0.05) is 24.2 Å². The standard InChI is InChI=1S/C13H22N4O/c1-10-12(9-16-17-10)8-15-13(18)5-4-11-3-2-6-14-7-11/h9,11,14H,2-8H2,1H3,(H,15,18)(H,16,17). The topological polar surface area (TPSA) is 69.8 Å². The summed E-state index contributed by atoms with van der Waals surface area (Å²) in [6, 6.07) is 0. The highest BCUT2D eigenvalue weighted by Gasteiger charge is 2.14. The fourth-order valence-electron chi connectivity index (χ4n) is 2.34. The predicted molar refractivity (Wildman–Crippen MR) is 70.0 cm³/mol. The van der Waals surface area contributed by atoms with E-state index in [-0.39, 0.29) is 5.91 Å². The van der Waals surface area contributed by atoms with Crippen LogP contribution in [-0.2, 0) is 11.3 Å². The van der Waals surface area contributed by atoms with Crippen LogP contribution in [0.15, 0.2) is 6.20 Å². The SMILES string of the molecule is Cc1[nH]ncc1CNC(=O)CCC1CCCNC1. The van der Waals surface area contributed by atoms with Crippen LogP contribution in [0.3, 0.4) is 0 Å². The molecule has 2 rings (SSSR count). The Morgan fingerprint density at radius 2 is 2.50 bits per heavy atom. The average molecular weight is 250 g/mol. The van der Waals surface area contributed by atoms with Crippen LogP contribution in [0.1, 0.15) is 36.9 Å². The lowest BCUT2D eigenvalue weighted by Gasteiger charge is -2.22. The van der Waals surface area contributed by atoms with E-state index in [1.54, 1.807) is 6.20 Å². The largest absolute Gasteiger partial charge is 0.352 e. The van der Waals surface area contributed by atoms with Gasteiger partial charge in [-0.25, -0.2) is 0 Å². The van der Waals surface area contributed by atoms with Gasteiger partial charge in [0.05, 0.1) is 6.20 Å². The molecular formula is C13H22N4O. The second kappa shape index (κ2) is 6.54. The van der Waals surface area contributed by atoms with Gasteiger partial charge in [0.15, 0.2) is 0 Å². The summed E-state index contributed by atoms with van der Waals surface area (Å²) in [6.45, 7) is 4.73. The van der Waals surface area contributed by atoms with E-state index in [9.17, 15) is 4.79 Å². The quantitative estimate of drug-likeness (QED) is 0.733. The molecule has 0 aromatic carbocycles. The number of hydrogen-bond donors (Lipinski definition) is 3. The zero-order chi connectivity index (χ0) is 12.8. The highest BCUT2D eigenvalue weighted by Crippen LogP contribution is 2.15. The van der Waals surface area contributed by atoms with E-state index in [4.69, 9.17) is 0 Å². The molecule has 0 spiro atoms. The Hall–Kier alpha value is -1.36. The minimum absolute atomic E-state index is 0.140. The van der Waals surface area contributed by atoms with E-state index in [1.165, 1.54) is 12.8 Å². The average Bonchev–Trinajstić information content (AvgIpc) is 2.81. The molecule has 0 saturated carbocycles. The summed E-state index contributed by atoms with van der Waals surface area (Å²) in [5, 5.41) is 13.1. The van der Waals surface area contributed by atoms with Crippen LogP contribution >= 0.6 is 0 Å². The summed E-state index contributed by atoms with van der Waals surface area (Å²) >= 11 is 0. The third kappa shape index (κ3) is 3.84. The molecule has 2 heterocycles. The first kappa shape index (κ1) is 13.1. The molecule has 0 aliphatic carbocycles. The number of nitrogens with zero attached hydrogens (tertiary/aromatic N) is 1. The molecule has 1 aliphatic rings. The van der Waals surface area contributed by atoms with Crippen molar-refractivity contribution in [3.8, 4) is 0 Å². The lowest BCUT2D eigenvalue weighted by molar-refractivity contribution is -0.121. The number of piperidine rings is 1. The summed E-state index contributed by atoms with van der Waals surface area (Å²) in [5.74, 6) is 0.807. The van der Waals surface area contributed by atoms with Gasteiger partial charge in [0.25, 0.3) is 0 Å². The number of amides is 1. The van der Waals surface area contributed by atoms with Gasteiger partial charge < -0.3 is 10.6 Å². The van der Waals surface area contributed by atoms with Crippen LogP contribution in [0.5, 0.6) is 0 Å². The van der Waals surface area contributed by atoms with E-state index in [2.05, 4.69) is 20.8 Å². The number of nitrogens with one attached hydrogen (secondary N) is 3. The number of H-pyrrole nitrogens is 1. The van der Waals surface area contributed by atoms with Crippen LogP contribution in [0, 0.1) is 12.8 Å². The van der Waals surface area contributed by atoms with Gasteiger partial charge in [0.1, 0.15) is 0 Å². The summed E-state index contributed by atoms with van der Waals surface area (Å²) in [6.07, 6.45) is 5.87. The third-order valence-corrected chi connectivity index (χ3v) is 3.59. The zero-order valence-corrected chi connectivity index (χ0v) is 11.0. The number of aryl methyl sites for hydroxylation is 1. The smallest absolute Gasteiger partial charge is 0.220 e. The summed E-state index contributed by atoms with van der Waals surface area (Å²) in [5.41, 5.74) is 2.08. The van der Waals surface area contributed by atoms with Crippen LogP contribution < -0.4 is 10.6 Å². The first-order valence-corrected chi connectivity index (χ1v) is 6.72. The molecule has 0 radical (unpaired) electrons. The highest BCUT2D eigenvalue weighted by atomic mass is 16.1. The zero-order valence-electron chi connectivity index (χ0n) is 11.0. The lowest BCUT2D eigenvalue weighted by Crippen LogP contribution is -2.31. The molecule has 1 saturated heterocycles. The third-order valence-electron chi connectivity index (χ3n) is 3.59. The van der Waals surface area contributed by atoms with Crippen LogP contribution in [0.2, 0.25) is 0 Å². The van der Waals surface area contributed by atoms with Gasteiger partial charge in [-0.15, -0.1) is 0 Å². The van der Waals surface area contributed by atoms with Gasteiger partial charge in [-0.1, -0.05) is 0 Å². The summed E-state index contributed by atoms with van der Waals surface area (Å²) in [4.78, 5) is 11.7. The summed E-state index contributed by atoms with van der Waals surface area (Å²) < 4.78 is 0. The maximum atomic E-state index is 11.7. The fourth-order valence-corrected chi connectivity index (χ4v) is 2.34. The van der Waals surface area contributed by atoms with E-state index < -0.39 is 0 Å². The van der Waals surface area contributed by atoms with Crippen molar-refractivity contribution < 1.29 is 4.79 Å². The molecule has 18 heavy (non-hydrogen) atoms. The minimum atomic E-state index is 0.140. The summed E-state index contributed by atoms with van der Waals surface area (Å²) in [7, 11) is 0. The molecule has 100 valence electrons. The molecule has 1 aliphatic heterocycles. The molecule has 1 atom stereocenters. The number of aromatic amines is 1. The normalized spacial score (nSPS) is 19.7. The van der Waals surface area contributed by atoms with Crippen molar-refractivity contribution >= 4 is 5.91 Å². The van der Waals surface area contributed by atoms with Crippen LogP contribution in [0.4, 0.5) is 0 Å². The van der Waals surface area contributed by atoms with Crippen molar-refractivity contribution in [1.82, 2.24) is 20.8 Å². The molecule has 1 fully saturated rings. The highest BCUT2D eigenvalue weighted by molar-refractivity contribution is 5.75. The van der Waals surface area contributed by atoms with Crippen LogP contribution in [-0.4, -0.2) is 29.2 Å². The Kier molecular flexibility index (Phi) is 4.75. The molecule has 1 unspecified atom stereocenters. The van der Waals surface area contributed by atoms with Gasteiger partial charge in [-0.2, -0.15) is 5.10 Å². The first-order chi connectivity index (χ1) is 8.75. The monoisotopic (exact) mass is 250 g/mol. The van der Waals surface area contributed by atoms with Gasteiger partial charge in [-0.3, -0.25) is 9.89 Å². The Morgan fingerprint density at radius 3 is 3.17 bits per heavy atom. The van der Waals surface area contributed by atoms with Crippen molar-refractivity contribution in [2.45, 2.75) is 39.2 Å². The molecular weight excluding hydrogens is 228 g/mol. The Labute approximate surface area is 108 Å². The Morgan fingerprint density at radius 1 is 1.61 bits per heavy atom. The minimum Gasteiger partial charge on any atom is -0.352 e. The Balaban J connectivity index is 1.64. The number of rotatable bonds is 5. The first-order valence-electron chi connectivity index (χ1n) is 6.72. The molecule has 1 aromatic heterocycles. The van der Waals surface area contributed by atoms with Gasteiger partial charge in [-0.05, 0) is 45.2 Å². The second-order valence-electron chi connectivity index (χ2n) is 5.05. The van der Waals surface area contributed by atoms with Crippen molar-refractivity contribution in [3.05, 3.63) is 17.5 Å².